The Morgan fingerprint density at radius 2 is 1.32 bits per heavy atom. The average molecular weight is 379 g/mol. The molecule has 0 heterocycles. The van der Waals surface area contributed by atoms with Crippen molar-refractivity contribution in [1.29, 1.82) is 0 Å². The monoisotopic (exact) mass is 380 g/mol. The molecule has 0 amide bonds. The Hall–Kier alpha value is -1.28. The molecular weight excluding hydrogens is 368 g/mol. The van der Waals surface area contributed by atoms with Crippen molar-refractivity contribution in [2.45, 2.75) is 25.0 Å². The molecule has 10 nitrogen and oxygen atoms in total. The zero-order valence-electron chi connectivity index (χ0n) is 9.51. The van der Waals surface area contributed by atoms with Crippen LogP contribution in [0, 0.1) is 0 Å². The number of carbonyl (C=O) groups excluding carboxylic acids is 2. The fraction of sp³-hybridized carbons (Fsp3) is 0.500. The summed E-state index contributed by atoms with van der Waals surface area (Å²) >= 11 is 0. The number of hydrogen-bond donors (Lipinski definition) is 4. The predicted molar refractivity (Wildman–Crippen MR) is 46.5 cm³/mol. The molecule has 2 unspecified atom stereocenters. The van der Waals surface area contributed by atoms with Gasteiger partial charge in [-0.15, -0.1) is 0 Å². The molecule has 0 aliphatic heterocycles. The van der Waals surface area contributed by atoms with Crippen molar-refractivity contribution in [3.63, 3.8) is 0 Å². The minimum absolute atomic E-state index is 0. The zero-order valence-corrected chi connectivity index (χ0v) is 13.6. The third-order valence-electron chi connectivity index (χ3n) is 1.29. The molecule has 2 atom stereocenters. The summed E-state index contributed by atoms with van der Waals surface area (Å²) in [7, 11) is 0. The number of rotatable bonds is 6. The Labute approximate surface area is 126 Å². The largest absolute Gasteiger partial charge is 2.00 e. The third-order valence-corrected chi connectivity index (χ3v) is 1.29. The predicted octanol–water partition coefficient (Wildman–Crippen LogP) is -4.86. The maximum atomic E-state index is 9.72. The van der Waals surface area contributed by atoms with E-state index in [4.69, 9.17) is 20.4 Å². The Morgan fingerprint density at radius 3 is 1.42 bits per heavy atom. The molecule has 0 aromatic carbocycles. The van der Waals surface area contributed by atoms with E-state index < -0.39 is 48.9 Å². The van der Waals surface area contributed by atoms with Crippen LogP contribution in [0.1, 0.15) is 12.8 Å². The van der Waals surface area contributed by atoms with Crippen LogP contribution in [0.5, 0.6) is 0 Å². The smallest absolute Gasteiger partial charge is 0.550 e. The topological polar surface area (TPSA) is 195 Å². The second-order valence-corrected chi connectivity index (χ2v) is 2.86. The Bertz CT molecular complexity index is 295. The van der Waals surface area contributed by atoms with Gasteiger partial charge < -0.3 is 40.2 Å². The maximum Gasteiger partial charge on any atom is 2.00 e. The van der Waals surface area contributed by atoms with Crippen LogP contribution in [0.2, 0.25) is 0 Å². The van der Waals surface area contributed by atoms with Crippen LogP contribution >= 0.6 is 0 Å². The summed E-state index contributed by atoms with van der Waals surface area (Å²) in [6, 6.07) is 0. The third kappa shape index (κ3) is 16.7. The van der Waals surface area contributed by atoms with Gasteiger partial charge >= 0.3 is 39.2 Å². The first-order valence-corrected chi connectivity index (χ1v) is 4.29. The average Bonchev–Trinajstić information content (AvgIpc) is 2.16. The summed E-state index contributed by atoms with van der Waals surface area (Å²) in [5.74, 6) is -6.27. The van der Waals surface area contributed by atoms with Crippen LogP contribution in [0.15, 0.2) is 0 Å². The van der Waals surface area contributed by atoms with Gasteiger partial charge in [0.2, 0.25) is 0 Å². The molecule has 11 heteroatoms. The molecule has 0 bridgehead atoms. The Balaban J connectivity index is -0.000000256. The van der Waals surface area contributed by atoms with Crippen LogP contribution in [0.3, 0.4) is 0 Å². The van der Waals surface area contributed by atoms with E-state index >= 15 is 0 Å². The number of aliphatic hydroxyl groups is 2. The van der Waals surface area contributed by atoms with E-state index in [1.54, 1.807) is 0 Å². The molecule has 0 spiro atoms. The van der Waals surface area contributed by atoms with Gasteiger partial charge in [-0.1, -0.05) is 0 Å². The summed E-state index contributed by atoms with van der Waals surface area (Å²) in [5.41, 5.74) is 0. The van der Waals surface area contributed by atoms with Crippen LogP contribution in [0.4, 0.5) is 0 Å². The van der Waals surface area contributed by atoms with Gasteiger partial charge in [-0.3, -0.25) is 4.79 Å². The number of carboxylic acids is 4. The van der Waals surface area contributed by atoms with Crippen molar-refractivity contribution in [3.8, 4) is 0 Å². The van der Waals surface area contributed by atoms with Crippen molar-refractivity contribution >= 4 is 23.9 Å². The van der Waals surface area contributed by atoms with E-state index in [0.29, 0.717) is 0 Å². The summed E-state index contributed by atoms with van der Waals surface area (Å²) in [5, 5.41) is 51.5. The molecule has 0 saturated heterocycles. The quantitative estimate of drug-likeness (QED) is 0.325. The second kappa shape index (κ2) is 11.8. The fourth-order valence-electron chi connectivity index (χ4n) is 0.494. The van der Waals surface area contributed by atoms with Gasteiger partial charge in [0, 0.05) is 12.4 Å². The fourth-order valence-corrected chi connectivity index (χ4v) is 0.494. The number of carbonyl (C=O) groups is 4. The normalized spacial score (nSPS) is 11.9. The molecule has 0 fully saturated rings. The van der Waals surface area contributed by atoms with Crippen molar-refractivity contribution in [1.82, 2.24) is 0 Å². The SMILES string of the molecule is O=C(O)CC(O)C(=O)O.O=C([O-])CC(O)C(=O)[O-].[Cd+2]. The van der Waals surface area contributed by atoms with Gasteiger partial charge in [0.05, 0.1) is 18.5 Å². The van der Waals surface area contributed by atoms with E-state index in [1.165, 1.54) is 0 Å². The molecule has 0 radical (unpaired) electrons. The summed E-state index contributed by atoms with van der Waals surface area (Å²) in [6.45, 7) is 0. The molecule has 0 aliphatic rings. The van der Waals surface area contributed by atoms with Gasteiger partial charge in [0.15, 0.2) is 6.10 Å². The Kier molecular flexibility index (Phi) is 14.2. The number of aliphatic hydroxyl groups excluding tert-OH is 2. The Morgan fingerprint density at radius 1 is 0.895 bits per heavy atom. The first kappa shape index (κ1) is 22.9. The van der Waals surface area contributed by atoms with Crippen LogP contribution in [-0.2, 0) is 46.5 Å². The minimum atomic E-state index is -1.96. The van der Waals surface area contributed by atoms with E-state index in [0.717, 1.165) is 0 Å². The number of aliphatic carboxylic acids is 4. The van der Waals surface area contributed by atoms with E-state index in [1.807, 2.05) is 0 Å². The number of hydrogen-bond acceptors (Lipinski definition) is 8. The summed E-state index contributed by atoms with van der Waals surface area (Å²) < 4.78 is 0. The summed E-state index contributed by atoms with van der Waals surface area (Å²) in [6.07, 6.45) is -5.44. The van der Waals surface area contributed by atoms with E-state index in [2.05, 4.69) is 0 Å². The first-order valence-electron chi connectivity index (χ1n) is 4.29. The maximum absolute atomic E-state index is 9.72. The van der Waals surface area contributed by atoms with E-state index in [-0.39, 0.29) is 27.3 Å². The number of carboxylic acid groups (broad SMARTS) is 4. The second-order valence-electron chi connectivity index (χ2n) is 2.86. The van der Waals surface area contributed by atoms with Crippen LogP contribution < -0.4 is 10.2 Å². The van der Waals surface area contributed by atoms with Gasteiger partial charge in [-0.05, 0) is 0 Å². The van der Waals surface area contributed by atoms with Crippen LogP contribution in [0.25, 0.3) is 0 Å². The molecule has 104 valence electrons. The standard InChI is InChI=1S/2C4H6O5.Cd/c2*5-2(4(8)9)1-3(6)7;/h2*2,5H,1H2,(H,6,7)(H,8,9);/q;;+2/p-2. The molecule has 4 N–H and O–H groups in total. The van der Waals surface area contributed by atoms with Gasteiger partial charge in [-0.25, -0.2) is 4.79 Å². The molecule has 0 aromatic heterocycles. The van der Waals surface area contributed by atoms with Crippen LogP contribution in [-0.4, -0.2) is 56.5 Å². The minimum Gasteiger partial charge on any atom is -0.550 e. The molecule has 19 heavy (non-hydrogen) atoms. The van der Waals surface area contributed by atoms with Crippen molar-refractivity contribution in [2.75, 3.05) is 0 Å². The van der Waals surface area contributed by atoms with Crippen molar-refractivity contribution in [3.05, 3.63) is 0 Å². The molecular formula is C8H10CdO10. The van der Waals surface area contributed by atoms with Crippen molar-refractivity contribution < 1.29 is 77.1 Å². The molecule has 0 aromatic rings. The van der Waals surface area contributed by atoms with E-state index in [9.17, 15) is 29.4 Å². The molecule has 0 rings (SSSR count). The zero-order chi connectivity index (χ0) is 14.9. The van der Waals surface area contributed by atoms with Gasteiger partial charge in [0.1, 0.15) is 0 Å². The van der Waals surface area contributed by atoms with Crippen molar-refractivity contribution in [2.24, 2.45) is 0 Å². The summed E-state index contributed by atoms with van der Waals surface area (Å²) in [4.78, 5) is 38.5. The molecule has 0 aliphatic carbocycles. The molecule has 0 saturated carbocycles. The van der Waals surface area contributed by atoms with Gasteiger partial charge in [-0.2, -0.15) is 0 Å². The first-order chi connectivity index (χ1) is 8.07. The van der Waals surface area contributed by atoms with Gasteiger partial charge in [0.25, 0.3) is 0 Å².